The maximum atomic E-state index is 5.84. The summed E-state index contributed by atoms with van der Waals surface area (Å²) >= 11 is 0. The van der Waals surface area contributed by atoms with E-state index in [2.05, 4.69) is 36.0 Å². The number of pyridine rings is 1. The van der Waals surface area contributed by atoms with Crippen LogP contribution in [0.25, 0.3) is 10.8 Å². The molecule has 0 saturated heterocycles. The zero-order chi connectivity index (χ0) is 9.26. The van der Waals surface area contributed by atoms with Gasteiger partial charge in [-0.05, 0) is 19.1 Å². The fourth-order valence-electron chi connectivity index (χ4n) is 1.50. The Hall–Kier alpha value is -1.09. The minimum atomic E-state index is 0. The molecule has 2 nitrogen and oxygen atoms in total. The van der Waals surface area contributed by atoms with Crippen molar-refractivity contribution in [3.05, 3.63) is 36.7 Å². The first-order valence-corrected chi connectivity index (χ1v) is 4.48. The van der Waals surface area contributed by atoms with Crippen LogP contribution >= 0.6 is 0 Å². The Morgan fingerprint density at radius 3 is 2.79 bits per heavy atom. The lowest BCUT2D eigenvalue weighted by Gasteiger charge is -1.99. The summed E-state index contributed by atoms with van der Waals surface area (Å²) in [7, 11) is 0. The quantitative estimate of drug-likeness (QED) is 0.498. The predicted octanol–water partition coefficient (Wildman–Crippen LogP) is -1.27. The third-order valence-electron chi connectivity index (χ3n) is 2.28. The van der Waals surface area contributed by atoms with Crippen molar-refractivity contribution in [2.24, 2.45) is 0 Å². The van der Waals surface area contributed by atoms with Gasteiger partial charge in [-0.2, -0.15) is 0 Å². The second kappa shape index (κ2) is 4.42. The maximum Gasteiger partial charge on any atom is 0.176 e. The van der Waals surface area contributed by atoms with Crippen molar-refractivity contribution in [1.29, 1.82) is 0 Å². The van der Waals surface area contributed by atoms with Crippen LogP contribution in [0.15, 0.2) is 36.7 Å². The van der Waals surface area contributed by atoms with Crippen molar-refractivity contribution < 1.29 is 21.5 Å². The highest BCUT2D eigenvalue weighted by atomic mass is 79.9. The molecule has 1 aromatic carbocycles. The summed E-state index contributed by atoms with van der Waals surface area (Å²) in [5.74, 6) is 0. The molecule has 0 aliphatic heterocycles. The van der Waals surface area contributed by atoms with E-state index in [9.17, 15) is 0 Å². The lowest BCUT2D eigenvalue weighted by Crippen LogP contribution is -3.00. The van der Waals surface area contributed by atoms with E-state index in [4.69, 9.17) is 5.73 Å². The Kier molecular flexibility index (Phi) is 3.47. The summed E-state index contributed by atoms with van der Waals surface area (Å²) in [6, 6.07) is 8.06. The molecule has 0 spiro atoms. The second-order valence-electron chi connectivity index (χ2n) is 3.13. The van der Waals surface area contributed by atoms with Gasteiger partial charge >= 0.3 is 0 Å². The smallest absolute Gasteiger partial charge is 0.176 e. The molecule has 2 N–H and O–H groups in total. The lowest BCUT2D eigenvalue weighted by atomic mass is 10.1. The number of hydrogen-bond donors (Lipinski definition) is 1. The Labute approximate surface area is 94.1 Å². The van der Waals surface area contributed by atoms with E-state index in [0.717, 1.165) is 17.6 Å². The number of halogens is 1. The molecule has 0 saturated carbocycles. The number of nitrogens with two attached hydrogens (primary N) is 1. The molecule has 0 radical (unpaired) electrons. The normalized spacial score (nSPS) is 9.79. The van der Waals surface area contributed by atoms with Crippen molar-refractivity contribution in [2.45, 2.75) is 13.5 Å². The minimum Gasteiger partial charge on any atom is -1.00 e. The second-order valence-corrected chi connectivity index (χ2v) is 3.13. The fourth-order valence-corrected chi connectivity index (χ4v) is 1.50. The van der Waals surface area contributed by atoms with Crippen LogP contribution < -0.4 is 27.3 Å². The fraction of sp³-hybridized carbons (Fsp3) is 0.182. The summed E-state index contributed by atoms with van der Waals surface area (Å²) in [4.78, 5) is 0. The Bertz CT molecular complexity index is 440. The van der Waals surface area contributed by atoms with Gasteiger partial charge in [-0.1, -0.05) is 6.07 Å². The number of hydrogen-bond acceptors (Lipinski definition) is 1. The van der Waals surface area contributed by atoms with Crippen LogP contribution in [0.4, 0.5) is 5.69 Å². The molecule has 2 rings (SSSR count). The summed E-state index contributed by atoms with van der Waals surface area (Å²) in [6.45, 7) is 3.11. The number of benzene rings is 1. The van der Waals surface area contributed by atoms with E-state index >= 15 is 0 Å². The van der Waals surface area contributed by atoms with Crippen LogP contribution in [-0.2, 0) is 6.54 Å². The molecule has 1 aromatic heterocycles. The standard InChI is InChI=1S/C11H13N2.BrH/c1-2-13-7-6-10-9(8-13)4-3-5-11(10)12;/h3-8H,2,12H2,1H3;1H/q+1;/p-1. The first-order valence-electron chi connectivity index (χ1n) is 4.48. The first kappa shape index (κ1) is 11.0. The maximum absolute atomic E-state index is 5.84. The van der Waals surface area contributed by atoms with Crippen molar-refractivity contribution in [3.63, 3.8) is 0 Å². The molecule has 0 aliphatic carbocycles. The number of nitrogens with zero attached hydrogens (tertiary/aromatic N) is 1. The molecule has 0 bridgehead atoms. The van der Waals surface area contributed by atoms with Gasteiger partial charge in [-0.3, -0.25) is 0 Å². The Morgan fingerprint density at radius 2 is 2.07 bits per heavy atom. The van der Waals surface area contributed by atoms with Crippen LogP contribution in [0.1, 0.15) is 6.92 Å². The van der Waals surface area contributed by atoms with E-state index in [-0.39, 0.29) is 17.0 Å². The molecule has 0 amide bonds. The van der Waals surface area contributed by atoms with Gasteiger partial charge in [0.25, 0.3) is 0 Å². The van der Waals surface area contributed by atoms with Gasteiger partial charge in [-0.15, -0.1) is 0 Å². The van der Waals surface area contributed by atoms with Gasteiger partial charge in [0.2, 0.25) is 0 Å². The molecular weight excluding hydrogens is 240 g/mol. The molecule has 74 valence electrons. The molecule has 0 aliphatic rings. The average Bonchev–Trinajstić information content (AvgIpc) is 2.18. The topological polar surface area (TPSA) is 29.9 Å². The summed E-state index contributed by atoms with van der Waals surface area (Å²) < 4.78 is 2.14. The van der Waals surface area contributed by atoms with Gasteiger partial charge < -0.3 is 22.7 Å². The van der Waals surface area contributed by atoms with Crippen molar-refractivity contribution >= 4 is 16.5 Å². The molecule has 2 aromatic rings. The monoisotopic (exact) mass is 252 g/mol. The van der Waals surface area contributed by atoms with Crippen molar-refractivity contribution in [1.82, 2.24) is 0 Å². The highest BCUT2D eigenvalue weighted by molar-refractivity contribution is 5.91. The third-order valence-corrected chi connectivity index (χ3v) is 2.28. The first-order chi connectivity index (χ1) is 6.31. The third kappa shape index (κ3) is 1.87. The minimum absolute atomic E-state index is 0. The van der Waals surface area contributed by atoms with Gasteiger partial charge in [0.15, 0.2) is 12.4 Å². The van der Waals surface area contributed by atoms with Gasteiger partial charge in [-0.25, -0.2) is 4.57 Å². The van der Waals surface area contributed by atoms with Crippen molar-refractivity contribution in [3.8, 4) is 0 Å². The predicted molar refractivity (Wildman–Crippen MR) is 54.2 cm³/mol. The van der Waals surface area contributed by atoms with Gasteiger partial charge in [0.05, 0.1) is 0 Å². The Morgan fingerprint density at radius 1 is 1.29 bits per heavy atom. The zero-order valence-electron chi connectivity index (χ0n) is 8.07. The SMILES string of the molecule is CC[n+]1ccc2c(N)cccc2c1.[Br-]. The molecule has 0 atom stereocenters. The summed E-state index contributed by atoms with van der Waals surface area (Å²) in [6.07, 6.45) is 4.17. The van der Waals surface area contributed by atoms with Crippen LogP contribution in [0.2, 0.25) is 0 Å². The van der Waals surface area contributed by atoms with E-state index in [1.54, 1.807) is 0 Å². The van der Waals surface area contributed by atoms with E-state index in [1.807, 2.05) is 12.1 Å². The van der Waals surface area contributed by atoms with E-state index < -0.39 is 0 Å². The molecule has 0 unspecified atom stereocenters. The number of aromatic nitrogens is 1. The molecule has 3 heteroatoms. The largest absolute Gasteiger partial charge is 1.00 e. The van der Waals surface area contributed by atoms with Crippen LogP contribution in [0.5, 0.6) is 0 Å². The number of rotatable bonds is 1. The van der Waals surface area contributed by atoms with E-state index in [0.29, 0.717) is 0 Å². The summed E-state index contributed by atoms with van der Waals surface area (Å²) in [5.41, 5.74) is 6.69. The molecule has 0 fully saturated rings. The zero-order valence-corrected chi connectivity index (χ0v) is 9.66. The van der Waals surface area contributed by atoms with Gasteiger partial charge in [0, 0.05) is 22.5 Å². The summed E-state index contributed by atoms with van der Waals surface area (Å²) in [5, 5.41) is 2.33. The van der Waals surface area contributed by atoms with Crippen molar-refractivity contribution in [2.75, 3.05) is 5.73 Å². The van der Waals surface area contributed by atoms with Gasteiger partial charge in [0.1, 0.15) is 6.54 Å². The number of aryl methyl sites for hydroxylation is 1. The van der Waals surface area contributed by atoms with E-state index in [1.165, 1.54) is 5.39 Å². The molecule has 1 heterocycles. The molecule has 14 heavy (non-hydrogen) atoms. The highest BCUT2D eigenvalue weighted by Gasteiger charge is 2.01. The number of nitrogen functional groups attached to an aromatic ring is 1. The van der Waals surface area contributed by atoms with Crippen LogP contribution in [0, 0.1) is 0 Å². The number of anilines is 1. The lowest BCUT2D eigenvalue weighted by molar-refractivity contribution is -0.692. The molecular formula is C11H13BrN2. The van der Waals surface area contributed by atoms with Crippen LogP contribution in [-0.4, -0.2) is 0 Å². The highest BCUT2D eigenvalue weighted by Crippen LogP contribution is 2.17. The Balaban J connectivity index is 0.000000980. The average molecular weight is 253 g/mol. The van der Waals surface area contributed by atoms with Crippen LogP contribution in [0.3, 0.4) is 0 Å². The number of fused-ring (bicyclic) bond motifs is 1.